The van der Waals surface area contributed by atoms with Gasteiger partial charge in [-0.15, -0.1) is 0 Å². The van der Waals surface area contributed by atoms with Crippen molar-refractivity contribution in [1.29, 1.82) is 0 Å². The second kappa shape index (κ2) is 6.39. The third-order valence-electron chi connectivity index (χ3n) is 2.83. The van der Waals surface area contributed by atoms with Crippen LogP contribution < -0.4 is 0 Å². The number of aldehydes is 1. The number of carbonyl (C=O) groups excluding carboxylic acids is 1. The predicted molar refractivity (Wildman–Crippen MR) is 74.0 cm³/mol. The van der Waals surface area contributed by atoms with Crippen LogP contribution in [0.2, 0.25) is 0 Å². The fourth-order valence-corrected chi connectivity index (χ4v) is 1.85. The Morgan fingerprint density at radius 2 is 1.82 bits per heavy atom. The molecule has 0 aromatic heterocycles. The second-order valence-electron chi connectivity index (χ2n) is 5.15. The zero-order chi connectivity index (χ0) is 12.8. The van der Waals surface area contributed by atoms with Gasteiger partial charge in [0.1, 0.15) is 6.29 Å². The van der Waals surface area contributed by atoms with Gasteiger partial charge < -0.3 is 0 Å². The smallest absolute Gasteiger partial charge is 0.150 e. The Morgan fingerprint density at radius 1 is 1.18 bits per heavy atom. The average molecular weight is 230 g/mol. The Kier molecular flexibility index (Phi) is 5.14. The van der Waals surface area contributed by atoms with Crippen LogP contribution in [-0.2, 0) is 4.79 Å². The Hall–Kier alpha value is -1.37. The number of benzene rings is 1. The minimum atomic E-state index is 0.439. The predicted octanol–water partition coefficient (Wildman–Crippen LogP) is 4.44. The lowest BCUT2D eigenvalue weighted by Gasteiger charge is -2.12. The molecule has 0 unspecified atom stereocenters. The van der Waals surface area contributed by atoms with Crippen LogP contribution in [0, 0.1) is 5.92 Å². The highest BCUT2D eigenvalue weighted by Gasteiger charge is 2.09. The van der Waals surface area contributed by atoms with Gasteiger partial charge in [0.2, 0.25) is 0 Å². The molecule has 0 fully saturated rings. The molecule has 0 spiro atoms. The van der Waals surface area contributed by atoms with E-state index in [0.29, 0.717) is 11.8 Å². The van der Waals surface area contributed by atoms with Crippen molar-refractivity contribution in [3.63, 3.8) is 0 Å². The van der Waals surface area contributed by atoms with E-state index in [1.165, 1.54) is 5.56 Å². The van der Waals surface area contributed by atoms with E-state index < -0.39 is 0 Å². The summed E-state index contributed by atoms with van der Waals surface area (Å²) in [4.78, 5) is 11.2. The molecular formula is C16H22O. The summed E-state index contributed by atoms with van der Waals surface area (Å²) in [6.45, 7) is 8.63. The van der Waals surface area contributed by atoms with Crippen molar-refractivity contribution in [3.05, 3.63) is 41.5 Å². The third kappa shape index (κ3) is 3.85. The summed E-state index contributed by atoms with van der Waals surface area (Å²) in [6.07, 6.45) is 3.98. The lowest BCUT2D eigenvalue weighted by Crippen LogP contribution is -1.97. The van der Waals surface area contributed by atoms with Gasteiger partial charge in [0, 0.05) is 5.57 Å². The number of hydrogen-bond donors (Lipinski definition) is 0. The topological polar surface area (TPSA) is 17.1 Å². The van der Waals surface area contributed by atoms with Crippen molar-refractivity contribution in [2.24, 2.45) is 5.92 Å². The van der Waals surface area contributed by atoms with E-state index in [9.17, 15) is 4.79 Å². The van der Waals surface area contributed by atoms with Crippen LogP contribution in [0.4, 0.5) is 0 Å². The van der Waals surface area contributed by atoms with Crippen molar-refractivity contribution in [1.82, 2.24) is 0 Å². The highest BCUT2D eigenvalue weighted by molar-refractivity contribution is 6.07. The van der Waals surface area contributed by atoms with E-state index in [1.54, 1.807) is 0 Å². The Labute approximate surface area is 105 Å². The van der Waals surface area contributed by atoms with Gasteiger partial charge >= 0.3 is 0 Å². The van der Waals surface area contributed by atoms with Crippen molar-refractivity contribution >= 4 is 11.9 Å². The second-order valence-corrected chi connectivity index (χ2v) is 5.15. The molecule has 1 aromatic carbocycles. The molecule has 17 heavy (non-hydrogen) atoms. The van der Waals surface area contributed by atoms with Crippen molar-refractivity contribution in [2.75, 3.05) is 0 Å². The van der Waals surface area contributed by atoms with Gasteiger partial charge in [-0.1, -0.05) is 58.0 Å². The van der Waals surface area contributed by atoms with Crippen LogP contribution in [0.3, 0.4) is 0 Å². The molecule has 1 nitrogen and oxygen atoms in total. The summed E-state index contributed by atoms with van der Waals surface area (Å²) in [5, 5.41) is 0. The molecule has 0 bridgehead atoms. The minimum Gasteiger partial charge on any atom is -0.298 e. The maximum Gasteiger partial charge on any atom is 0.150 e. The maximum atomic E-state index is 11.2. The molecule has 1 aromatic rings. The van der Waals surface area contributed by atoms with Crippen molar-refractivity contribution < 1.29 is 4.79 Å². The molecule has 0 radical (unpaired) electrons. The van der Waals surface area contributed by atoms with Crippen molar-refractivity contribution in [3.8, 4) is 0 Å². The SMILES string of the molecule is CC(C)CC=C(C=O)c1ccccc1C(C)C. The zero-order valence-corrected chi connectivity index (χ0v) is 11.2. The number of carbonyl (C=O) groups is 1. The van der Waals surface area contributed by atoms with Crippen LogP contribution >= 0.6 is 0 Å². The van der Waals surface area contributed by atoms with Crippen LogP contribution in [0.15, 0.2) is 30.3 Å². The summed E-state index contributed by atoms with van der Waals surface area (Å²) < 4.78 is 0. The van der Waals surface area contributed by atoms with E-state index in [0.717, 1.165) is 23.8 Å². The maximum absolute atomic E-state index is 11.2. The quantitative estimate of drug-likeness (QED) is 0.540. The molecule has 1 rings (SSSR count). The summed E-state index contributed by atoms with van der Waals surface area (Å²) in [6, 6.07) is 8.17. The van der Waals surface area contributed by atoms with Crippen LogP contribution in [0.1, 0.15) is 51.2 Å². The lowest BCUT2D eigenvalue weighted by molar-refractivity contribution is -0.103. The van der Waals surface area contributed by atoms with E-state index in [4.69, 9.17) is 0 Å². The summed E-state index contributed by atoms with van der Waals surface area (Å²) in [5.41, 5.74) is 3.15. The Morgan fingerprint density at radius 3 is 2.35 bits per heavy atom. The molecule has 0 aliphatic heterocycles. The molecule has 0 aliphatic rings. The summed E-state index contributed by atoms with van der Waals surface area (Å²) in [5.74, 6) is 1.02. The van der Waals surface area contributed by atoms with Gasteiger partial charge in [0.05, 0.1) is 0 Å². The first-order valence-electron chi connectivity index (χ1n) is 6.30. The van der Waals surface area contributed by atoms with Gasteiger partial charge in [-0.2, -0.15) is 0 Å². The molecule has 0 atom stereocenters. The van der Waals surface area contributed by atoms with Gasteiger partial charge in [-0.3, -0.25) is 4.79 Å². The molecule has 0 saturated carbocycles. The summed E-state index contributed by atoms with van der Waals surface area (Å²) in [7, 11) is 0. The van der Waals surface area contributed by atoms with Gasteiger partial charge in [-0.05, 0) is 29.4 Å². The summed E-state index contributed by atoms with van der Waals surface area (Å²) >= 11 is 0. The number of hydrogen-bond acceptors (Lipinski definition) is 1. The zero-order valence-electron chi connectivity index (χ0n) is 11.2. The largest absolute Gasteiger partial charge is 0.298 e. The number of rotatable bonds is 5. The molecule has 0 saturated heterocycles. The highest BCUT2D eigenvalue weighted by Crippen LogP contribution is 2.25. The van der Waals surface area contributed by atoms with E-state index in [1.807, 2.05) is 18.2 Å². The van der Waals surface area contributed by atoms with E-state index in [-0.39, 0.29) is 0 Å². The van der Waals surface area contributed by atoms with Crippen LogP contribution in [-0.4, -0.2) is 6.29 Å². The molecule has 1 heteroatoms. The molecule has 0 N–H and O–H groups in total. The van der Waals surface area contributed by atoms with Gasteiger partial charge in [-0.25, -0.2) is 0 Å². The first-order valence-corrected chi connectivity index (χ1v) is 6.30. The van der Waals surface area contributed by atoms with E-state index >= 15 is 0 Å². The van der Waals surface area contributed by atoms with Crippen LogP contribution in [0.25, 0.3) is 5.57 Å². The molecule has 0 heterocycles. The lowest BCUT2D eigenvalue weighted by atomic mass is 9.92. The Balaban J connectivity index is 3.11. The molecule has 92 valence electrons. The first-order chi connectivity index (χ1) is 8.06. The fraction of sp³-hybridized carbons (Fsp3) is 0.438. The monoisotopic (exact) mass is 230 g/mol. The van der Waals surface area contributed by atoms with Gasteiger partial charge in [0.15, 0.2) is 0 Å². The average Bonchev–Trinajstić information content (AvgIpc) is 2.30. The standard InChI is InChI=1S/C16H22O/c1-12(2)9-10-14(11-17)16-8-6-5-7-15(16)13(3)4/h5-8,10-13H,9H2,1-4H3. The normalized spacial score (nSPS) is 12.2. The highest BCUT2D eigenvalue weighted by atomic mass is 16.1. The Bertz CT molecular complexity index is 400. The molecule has 0 aliphatic carbocycles. The molecule has 0 amide bonds. The fourth-order valence-electron chi connectivity index (χ4n) is 1.85. The molecular weight excluding hydrogens is 208 g/mol. The van der Waals surface area contributed by atoms with Crippen molar-refractivity contribution in [2.45, 2.75) is 40.0 Å². The minimum absolute atomic E-state index is 0.439. The number of allylic oxidation sites excluding steroid dienone is 2. The first kappa shape index (κ1) is 13.7. The van der Waals surface area contributed by atoms with E-state index in [2.05, 4.69) is 39.8 Å². The van der Waals surface area contributed by atoms with Gasteiger partial charge in [0.25, 0.3) is 0 Å². The van der Waals surface area contributed by atoms with Crippen LogP contribution in [0.5, 0.6) is 0 Å². The third-order valence-corrected chi connectivity index (χ3v) is 2.83.